The third-order valence-electron chi connectivity index (χ3n) is 4.16. The molecule has 1 saturated carbocycles. The number of benzene rings is 1. The van der Waals surface area contributed by atoms with E-state index in [1.165, 1.54) is 0 Å². The molecule has 1 aromatic carbocycles. The molecule has 1 fully saturated rings. The van der Waals surface area contributed by atoms with E-state index in [9.17, 15) is 10.2 Å². The van der Waals surface area contributed by atoms with E-state index < -0.39 is 6.10 Å². The first-order valence-electron chi connectivity index (χ1n) is 7.82. The molecule has 21 heavy (non-hydrogen) atoms. The van der Waals surface area contributed by atoms with Crippen molar-refractivity contribution in [3.63, 3.8) is 0 Å². The molecule has 0 spiro atoms. The largest absolute Gasteiger partial charge is 0.490 e. The molecule has 2 rings (SSSR count). The standard InChI is InChI=1S/C17H27NO3/c1-12-4-3-5-13(2)17(12)21-11-16(20)10-18-9-14-6-7-15(19)8-14/h3-5,14-16,18-20H,6-11H2,1-2H3. The third-order valence-corrected chi connectivity index (χ3v) is 4.16. The van der Waals surface area contributed by atoms with Gasteiger partial charge in [-0.1, -0.05) is 18.2 Å². The van der Waals surface area contributed by atoms with Crippen molar-refractivity contribution in [2.45, 2.75) is 45.3 Å². The SMILES string of the molecule is Cc1cccc(C)c1OCC(O)CNCC1CCC(O)C1. The van der Waals surface area contributed by atoms with Gasteiger partial charge in [-0.2, -0.15) is 0 Å². The highest BCUT2D eigenvalue weighted by molar-refractivity contribution is 5.39. The molecule has 0 heterocycles. The second-order valence-corrected chi connectivity index (χ2v) is 6.18. The van der Waals surface area contributed by atoms with Crippen LogP contribution in [0.4, 0.5) is 0 Å². The van der Waals surface area contributed by atoms with Crippen LogP contribution in [0.3, 0.4) is 0 Å². The molecule has 4 heteroatoms. The fourth-order valence-electron chi connectivity index (χ4n) is 2.95. The lowest BCUT2D eigenvalue weighted by Crippen LogP contribution is -2.34. The van der Waals surface area contributed by atoms with Crippen LogP contribution in [0.2, 0.25) is 0 Å². The zero-order chi connectivity index (χ0) is 15.2. The summed E-state index contributed by atoms with van der Waals surface area (Å²) in [6, 6.07) is 6.03. The summed E-state index contributed by atoms with van der Waals surface area (Å²) in [5.41, 5.74) is 2.19. The van der Waals surface area contributed by atoms with E-state index in [0.717, 1.165) is 42.7 Å². The van der Waals surface area contributed by atoms with E-state index in [0.29, 0.717) is 19.1 Å². The van der Waals surface area contributed by atoms with E-state index in [4.69, 9.17) is 4.74 Å². The first-order valence-corrected chi connectivity index (χ1v) is 7.82. The lowest BCUT2D eigenvalue weighted by atomic mass is 10.1. The number of rotatable bonds is 7. The highest BCUT2D eigenvalue weighted by Gasteiger charge is 2.22. The summed E-state index contributed by atoms with van der Waals surface area (Å²) < 4.78 is 5.74. The minimum atomic E-state index is -0.518. The predicted octanol–water partition coefficient (Wildman–Crippen LogP) is 1.79. The number of hydrogen-bond donors (Lipinski definition) is 3. The molecule has 1 aliphatic rings. The number of ether oxygens (including phenoxy) is 1. The van der Waals surface area contributed by atoms with E-state index in [1.54, 1.807) is 0 Å². The molecular formula is C17H27NO3. The van der Waals surface area contributed by atoms with Crippen molar-refractivity contribution in [3.8, 4) is 5.75 Å². The molecule has 1 aromatic rings. The van der Waals surface area contributed by atoms with Crippen molar-refractivity contribution >= 4 is 0 Å². The first-order chi connectivity index (χ1) is 10.1. The number of aliphatic hydroxyl groups is 2. The highest BCUT2D eigenvalue weighted by atomic mass is 16.5. The summed E-state index contributed by atoms with van der Waals surface area (Å²) in [6.45, 7) is 5.71. The van der Waals surface area contributed by atoms with E-state index >= 15 is 0 Å². The summed E-state index contributed by atoms with van der Waals surface area (Å²) in [5.74, 6) is 1.40. The quantitative estimate of drug-likeness (QED) is 0.717. The number of aryl methyl sites for hydroxylation is 2. The molecule has 0 aliphatic heterocycles. The van der Waals surface area contributed by atoms with Gasteiger partial charge in [-0.05, 0) is 56.7 Å². The van der Waals surface area contributed by atoms with Crippen LogP contribution < -0.4 is 10.1 Å². The number of aliphatic hydroxyl groups excluding tert-OH is 2. The molecule has 118 valence electrons. The number of para-hydroxylation sites is 1. The molecule has 4 nitrogen and oxygen atoms in total. The maximum absolute atomic E-state index is 9.98. The van der Waals surface area contributed by atoms with Crippen LogP contribution in [0, 0.1) is 19.8 Å². The van der Waals surface area contributed by atoms with Gasteiger partial charge in [0.25, 0.3) is 0 Å². The molecule has 3 N–H and O–H groups in total. The smallest absolute Gasteiger partial charge is 0.125 e. The monoisotopic (exact) mass is 293 g/mol. The Morgan fingerprint density at radius 1 is 1.29 bits per heavy atom. The molecule has 3 unspecified atom stereocenters. The van der Waals surface area contributed by atoms with E-state index in [2.05, 4.69) is 5.32 Å². The minimum Gasteiger partial charge on any atom is -0.490 e. The molecule has 3 atom stereocenters. The van der Waals surface area contributed by atoms with Crippen LogP contribution in [-0.4, -0.2) is 42.1 Å². The van der Waals surface area contributed by atoms with Gasteiger partial charge in [0.05, 0.1) is 6.10 Å². The number of nitrogens with one attached hydrogen (secondary N) is 1. The average molecular weight is 293 g/mol. The van der Waals surface area contributed by atoms with E-state index in [1.807, 2.05) is 32.0 Å². The fourth-order valence-corrected chi connectivity index (χ4v) is 2.95. The van der Waals surface area contributed by atoms with Crippen molar-refractivity contribution in [3.05, 3.63) is 29.3 Å². The average Bonchev–Trinajstić information content (AvgIpc) is 2.84. The second kappa shape index (κ2) is 7.78. The predicted molar refractivity (Wildman–Crippen MR) is 83.6 cm³/mol. The maximum atomic E-state index is 9.98. The van der Waals surface area contributed by atoms with E-state index in [-0.39, 0.29) is 6.10 Å². The van der Waals surface area contributed by atoms with Crippen molar-refractivity contribution in [1.29, 1.82) is 0 Å². The van der Waals surface area contributed by atoms with Crippen molar-refractivity contribution in [2.75, 3.05) is 19.7 Å². The molecule has 0 aromatic heterocycles. The van der Waals surface area contributed by atoms with Gasteiger partial charge in [0.2, 0.25) is 0 Å². The van der Waals surface area contributed by atoms with Gasteiger partial charge in [0.1, 0.15) is 18.5 Å². The third kappa shape index (κ3) is 4.99. The summed E-state index contributed by atoms with van der Waals surface area (Å²) in [4.78, 5) is 0. The van der Waals surface area contributed by atoms with Crippen LogP contribution >= 0.6 is 0 Å². The fraction of sp³-hybridized carbons (Fsp3) is 0.647. The van der Waals surface area contributed by atoms with Crippen LogP contribution in [0.5, 0.6) is 5.75 Å². The van der Waals surface area contributed by atoms with Crippen LogP contribution in [-0.2, 0) is 0 Å². The Morgan fingerprint density at radius 3 is 2.62 bits per heavy atom. The lowest BCUT2D eigenvalue weighted by molar-refractivity contribution is 0.104. The summed E-state index contributed by atoms with van der Waals surface area (Å²) in [7, 11) is 0. The summed E-state index contributed by atoms with van der Waals surface area (Å²) >= 11 is 0. The van der Waals surface area contributed by atoms with Gasteiger partial charge in [0.15, 0.2) is 0 Å². The zero-order valence-corrected chi connectivity index (χ0v) is 13.0. The Bertz CT molecular complexity index is 429. The van der Waals surface area contributed by atoms with Gasteiger partial charge in [0, 0.05) is 6.54 Å². The van der Waals surface area contributed by atoms with Gasteiger partial charge < -0.3 is 20.3 Å². The maximum Gasteiger partial charge on any atom is 0.125 e. The Hall–Kier alpha value is -1.10. The zero-order valence-electron chi connectivity index (χ0n) is 13.0. The molecule has 1 aliphatic carbocycles. The van der Waals surface area contributed by atoms with Gasteiger partial charge >= 0.3 is 0 Å². The Kier molecular flexibility index (Phi) is 6.03. The Labute approximate surface area is 127 Å². The summed E-state index contributed by atoms with van der Waals surface area (Å²) in [6.07, 6.45) is 2.21. The van der Waals surface area contributed by atoms with Crippen LogP contribution in [0.1, 0.15) is 30.4 Å². The van der Waals surface area contributed by atoms with Gasteiger partial charge in [-0.15, -0.1) is 0 Å². The molecule has 0 bridgehead atoms. The highest BCUT2D eigenvalue weighted by Crippen LogP contribution is 2.24. The van der Waals surface area contributed by atoms with Crippen LogP contribution in [0.25, 0.3) is 0 Å². The van der Waals surface area contributed by atoms with Crippen LogP contribution in [0.15, 0.2) is 18.2 Å². The Balaban J connectivity index is 1.66. The minimum absolute atomic E-state index is 0.130. The summed E-state index contributed by atoms with van der Waals surface area (Å²) in [5, 5.41) is 22.7. The lowest BCUT2D eigenvalue weighted by Gasteiger charge is -2.17. The normalized spacial score (nSPS) is 23.2. The molecule has 0 radical (unpaired) electrons. The number of hydrogen-bond acceptors (Lipinski definition) is 4. The molecule has 0 amide bonds. The first kappa shape index (κ1) is 16.3. The van der Waals surface area contributed by atoms with Crippen molar-refractivity contribution in [2.24, 2.45) is 5.92 Å². The van der Waals surface area contributed by atoms with Gasteiger partial charge in [-0.3, -0.25) is 0 Å². The van der Waals surface area contributed by atoms with Crippen molar-refractivity contribution < 1.29 is 14.9 Å². The second-order valence-electron chi connectivity index (χ2n) is 6.18. The van der Waals surface area contributed by atoms with Crippen molar-refractivity contribution in [1.82, 2.24) is 5.32 Å². The molecule has 0 saturated heterocycles. The Morgan fingerprint density at radius 2 is 2.00 bits per heavy atom. The van der Waals surface area contributed by atoms with Gasteiger partial charge in [-0.25, -0.2) is 0 Å². The molecular weight excluding hydrogens is 266 g/mol. The topological polar surface area (TPSA) is 61.7 Å².